The number of methoxy groups -OCH3 is 1. The highest BCUT2D eigenvalue weighted by molar-refractivity contribution is 7.74. The molecule has 3 atom stereocenters. The Morgan fingerprint density at radius 3 is 2.73 bits per heavy atom. The minimum atomic E-state index is -2.51. The van der Waals surface area contributed by atoms with Crippen LogP contribution >= 0.6 is 0 Å². The summed E-state index contributed by atoms with van der Waals surface area (Å²) in [5, 5.41) is 3.09. The van der Waals surface area contributed by atoms with Crippen molar-refractivity contribution in [2.24, 2.45) is 0 Å². The minimum absolute atomic E-state index is 0.233. The highest BCUT2D eigenvalue weighted by atomic mass is 32.2. The Hall–Kier alpha value is -2.88. The summed E-state index contributed by atoms with van der Waals surface area (Å²) in [6.45, 7) is 4.63. The van der Waals surface area contributed by atoms with Gasteiger partial charge in [0, 0.05) is 12.6 Å². The van der Waals surface area contributed by atoms with E-state index in [9.17, 15) is 13.6 Å². The van der Waals surface area contributed by atoms with E-state index in [0.717, 1.165) is 11.1 Å². The molecular weight excluding hydrogens is 408 g/mol. The number of nitrogens with one attached hydrogen (secondary N) is 1. The van der Waals surface area contributed by atoms with Crippen molar-refractivity contribution < 1.29 is 27.2 Å². The van der Waals surface area contributed by atoms with Crippen molar-refractivity contribution in [3.05, 3.63) is 65.7 Å². The Bertz CT molecular complexity index is 996. The fourth-order valence-corrected chi connectivity index (χ4v) is 4.12. The van der Waals surface area contributed by atoms with Crippen LogP contribution in [0.3, 0.4) is 0 Å². The second-order valence-corrected chi connectivity index (χ2v) is 7.78. The number of fused-ring (bicyclic) bond motifs is 2. The highest BCUT2D eigenvalue weighted by Crippen LogP contribution is 2.39. The van der Waals surface area contributed by atoms with E-state index >= 15 is 0 Å². The standard InChI is InChI=1S/C21H22N2O6S/c1-13-8-17-20(29-30(25)26)22-16-10-19(28-12-14-6-4-3-5-7-14)18(27-2)9-15(16)21(24)23(17)11-13/h3-7,9-10,17,20,22H,1,8,11-12H2,2H3,(H,25,26)/t17-,20?/m0/s1. The number of nitrogens with zero attached hydrogens (tertiary/aromatic N) is 1. The van der Waals surface area contributed by atoms with Crippen LogP contribution in [0.5, 0.6) is 11.5 Å². The fraction of sp³-hybridized carbons (Fsp3) is 0.286. The van der Waals surface area contributed by atoms with Crippen LogP contribution in [0.4, 0.5) is 5.69 Å². The smallest absolute Gasteiger partial charge is 0.304 e. The normalized spacial score (nSPS) is 21.3. The number of benzene rings is 2. The predicted octanol–water partition coefficient (Wildman–Crippen LogP) is 2.95. The van der Waals surface area contributed by atoms with Gasteiger partial charge < -0.3 is 19.7 Å². The summed E-state index contributed by atoms with van der Waals surface area (Å²) >= 11 is -2.51. The van der Waals surface area contributed by atoms with Crippen LogP contribution in [0.15, 0.2) is 54.6 Å². The fourth-order valence-electron chi connectivity index (χ4n) is 3.77. The molecule has 9 heteroatoms. The first-order valence-corrected chi connectivity index (χ1v) is 10.4. The summed E-state index contributed by atoms with van der Waals surface area (Å²) in [5.74, 6) is 0.624. The van der Waals surface area contributed by atoms with Gasteiger partial charge in [0.05, 0.1) is 24.4 Å². The minimum Gasteiger partial charge on any atom is -0.493 e. The molecule has 0 aromatic heterocycles. The average molecular weight is 430 g/mol. The van der Waals surface area contributed by atoms with Crippen molar-refractivity contribution in [1.82, 2.24) is 4.90 Å². The maximum Gasteiger partial charge on any atom is 0.304 e. The maximum atomic E-state index is 13.2. The lowest BCUT2D eigenvalue weighted by molar-refractivity contribution is 0.0629. The summed E-state index contributed by atoms with van der Waals surface area (Å²) in [6.07, 6.45) is -0.404. The Morgan fingerprint density at radius 2 is 2.03 bits per heavy atom. The van der Waals surface area contributed by atoms with Gasteiger partial charge in [0.1, 0.15) is 6.61 Å². The number of anilines is 1. The Morgan fingerprint density at radius 1 is 1.27 bits per heavy atom. The van der Waals surface area contributed by atoms with Gasteiger partial charge in [0.2, 0.25) is 0 Å². The molecule has 1 amide bonds. The van der Waals surface area contributed by atoms with Gasteiger partial charge in [-0.3, -0.25) is 9.35 Å². The molecule has 2 N–H and O–H groups in total. The van der Waals surface area contributed by atoms with E-state index < -0.39 is 23.6 Å². The first kappa shape index (κ1) is 20.4. The molecule has 2 aliphatic rings. The van der Waals surface area contributed by atoms with Crippen LogP contribution in [0, 0.1) is 0 Å². The molecule has 2 aliphatic heterocycles. The van der Waals surface area contributed by atoms with Crippen molar-refractivity contribution in [3.63, 3.8) is 0 Å². The number of hydrogen-bond acceptors (Lipinski definition) is 6. The number of hydrogen-bond donors (Lipinski definition) is 2. The van der Waals surface area contributed by atoms with Crippen molar-refractivity contribution in [2.45, 2.75) is 25.3 Å². The van der Waals surface area contributed by atoms with Crippen LogP contribution in [0.2, 0.25) is 0 Å². The molecular formula is C21H22N2O6S. The van der Waals surface area contributed by atoms with Gasteiger partial charge in [-0.1, -0.05) is 42.5 Å². The SMILES string of the molecule is C=C1C[C@H]2C(OS(=O)O)Nc3cc(OCc4ccccc4)c(OC)cc3C(=O)N2C1. The van der Waals surface area contributed by atoms with E-state index in [1.165, 1.54) is 7.11 Å². The van der Waals surface area contributed by atoms with Gasteiger partial charge in [-0.15, -0.1) is 0 Å². The zero-order chi connectivity index (χ0) is 21.3. The largest absolute Gasteiger partial charge is 0.493 e. The molecule has 158 valence electrons. The van der Waals surface area contributed by atoms with E-state index in [-0.39, 0.29) is 5.91 Å². The first-order valence-electron chi connectivity index (χ1n) is 9.37. The third kappa shape index (κ3) is 4.04. The zero-order valence-electron chi connectivity index (χ0n) is 16.4. The van der Waals surface area contributed by atoms with Crippen molar-refractivity contribution in [3.8, 4) is 11.5 Å². The van der Waals surface area contributed by atoms with Gasteiger partial charge in [0.25, 0.3) is 5.91 Å². The Labute approximate surface area is 176 Å². The van der Waals surface area contributed by atoms with Crippen LogP contribution in [-0.4, -0.2) is 45.5 Å². The van der Waals surface area contributed by atoms with Gasteiger partial charge in [-0.05, 0) is 18.1 Å². The molecule has 1 fully saturated rings. The van der Waals surface area contributed by atoms with E-state index in [1.54, 1.807) is 17.0 Å². The number of ether oxygens (including phenoxy) is 2. The molecule has 2 aromatic rings. The summed E-state index contributed by atoms with van der Waals surface area (Å²) in [5.41, 5.74) is 2.65. The van der Waals surface area contributed by atoms with Gasteiger partial charge >= 0.3 is 11.4 Å². The molecule has 2 heterocycles. The van der Waals surface area contributed by atoms with Crippen LogP contribution in [-0.2, 0) is 22.2 Å². The summed E-state index contributed by atoms with van der Waals surface area (Å²) < 4.78 is 37.2. The first-order chi connectivity index (χ1) is 14.5. The lowest BCUT2D eigenvalue weighted by Crippen LogP contribution is -2.45. The van der Waals surface area contributed by atoms with Crippen LogP contribution < -0.4 is 14.8 Å². The van der Waals surface area contributed by atoms with E-state index in [4.69, 9.17) is 13.7 Å². The highest BCUT2D eigenvalue weighted by Gasteiger charge is 2.42. The Balaban J connectivity index is 1.69. The molecule has 0 saturated carbocycles. The molecule has 0 spiro atoms. The van der Waals surface area contributed by atoms with E-state index in [0.29, 0.717) is 42.3 Å². The molecule has 2 unspecified atom stereocenters. The molecule has 1 saturated heterocycles. The Kier molecular flexibility index (Phi) is 5.76. The molecule has 30 heavy (non-hydrogen) atoms. The maximum absolute atomic E-state index is 13.2. The zero-order valence-corrected chi connectivity index (χ0v) is 17.2. The molecule has 8 nitrogen and oxygen atoms in total. The third-order valence-corrected chi connectivity index (χ3v) is 5.53. The second-order valence-electron chi connectivity index (χ2n) is 7.16. The van der Waals surface area contributed by atoms with Gasteiger partial charge in [-0.25, -0.2) is 4.18 Å². The number of carbonyl (C=O) groups excluding carboxylic acids is 1. The second kappa shape index (κ2) is 8.47. The van der Waals surface area contributed by atoms with Gasteiger partial charge in [0.15, 0.2) is 17.7 Å². The van der Waals surface area contributed by atoms with Crippen LogP contribution in [0.25, 0.3) is 0 Å². The van der Waals surface area contributed by atoms with Gasteiger partial charge in [-0.2, -0.15) is 4.21 Å². The lowest BCUT2D eigenvalue weighted by atomic mass is 10.1. The monoisotopic (exact) mass is 430 g/mol. The van der Waals surface area contributed by atoms with E-state index in [1.807, 2.05) is 30.3 Å². The molecule has 2 aromatic carbocycles. The topological polar surface area (TPSA) is 97.3 Å². The molecule has 4 rings (SSSR count). The number of rotatable bonds is 6. The van der Waals surface area contributed by atoms with Crippen molar-refractivity contribution in [2.75, 3.05) is 19.0 Å². The summed E-state index contributed by atoms with van der Waals surface area (Å²) in [6, 6.07) is 12.5. The van der Waals surface area contributed by atoms with Crippen molar-refractivity contribution >= 4 is 23.0 Å². The molecule has 0 bridgehead atoms. The third-order valence-electron chi connectivity index (χ3n) is 5.16. The lowest BCUT2D eigenvalue weighted by Gasteiger charge is -2.27. The predicted molar refractivity (Wildman–Crippen MR) is 112 cm³/mol. The van der Waals surface area contributed by atoms with E-state index in [2.05, 4.69) is 11.9 Å². The quantitative estimate of drug-likeness (QED) is 0.537. The van der Waals surface area contributed by atoms with Crippen molar-refractivity contribution in [1.29, 1.82) is 0 Å². The molecule has 0 radical (unpaired) electrons. The average Bonchev–Trinajstić information content (AvgIpc) is 3.09. The number of amides is 1. The number of carbonyl (C=O) groups is 1. The molecule has 0 aliphatic carbocycles. The summed E-state index contributed by atoms with van der Waals surface area (Å²) in [4.78, 5) is 14.8. The summed E-state index contributed by atoms with van der Waals surface area (Å²) in [7, 11) is 1.51. The van der Waals surface area contributed by atoms with Crippen LogP contribution in [0.1, 0.15) is 22.3 Å².